The Bertz CT molecular complexity index is 666. The van der Waals surface area contributed by atoms with Gasteiger partial charge in [-0.25, -0.2) is 9.59 Å². The second-order valence-corrected chi connectivity index (χ2v) is 7.23. The highest BCUT2D eigenvalue weighted by Crippen LogP contribution is 2.28. The van der Waals surface area contributed by atoms with Crippen LogP contribution in [0.15, 0.2) is 12.3 Å². The third-order valence-electron chi connectivity index (χ3n) is 5.19. The predicted molar refractivity (Wildman–Crippen MR) is 104 cm³/mol. The Hall–Kier alpha value is -2.62. The molecule has 2 aliphatic rings. The van der Waals surface area contributed by atoms with Crippen molar-refractivity contribution in [1.82, 2.24) is 19.6 Å². The SMILES string of the molecule is CC(=O)N1CCN(CCOc2ccn(C3CCCCC3)n2)CC1.O=C(O)C(=O)O. The highest BCUT2D eigenvalue weighted by atomic mass is 16.5. The van der Waals surface area contributed by atoms with Crippen LogP contribution in [-0.2, 0) is 14.4 Å². The van der Waals surface area contributed by atoms with Gasteiger partial charge in [0.15, 0.2) is 0 Å². The Balaban J connectivity index is 0.000000438. The van der Waals surface area contributed by atoms with Crippen molar-refractivity contribution >= 4 is 17.8 Å². The van der Waals surface area contributed by atoms with Gasteiger partial charge >= 0.3 is 11.9 Å². The quantitative estimate of drug-likeness (QED) is 0.691. The number of carbonyl (C=O) groups is 3. The maximum absolute atomic E-state index is 11.3. The van der Waals surface area contributed by atoms with E-state index in [1.165, 1.54) is 32.1 Å². The number of nitrogens with zero attached hydrogens (tertiary/aromatic N) is 4. The molecule has 1 aromatic rings. The van der Waals surface area contributed by atoms with E-state index in [9.17, 15) is 4.79 Å². The Kier molecular flexibility index (Phi) is 8.91. The predicted octanol–water partition coefficient (Wildman–Crippen LogP) is 1.09. The van der Waals surface area contributed by atoms with Gasteiger partial charge in [0.25, 0.3) is 0 Å². The van der Waals surface area contributed by atoms with Gasteiger partial charge in [0, 0.05) is 51.9 Å². The van der Waals surface area contributed by atoms with Gasteiger partial charge in [-0.3, -0.25) is 14.4 Å². The van der Waals surface area contributed by atoms with Crippen LogP contribution in [0.5, 0.6) is 5.88 Å². The lowest BCUT2D eigenvalue weighted by Gasteiger charge is -2.33. The van der Waals surface area contributed by atoms with E-state index in [2.05, 4.69) is 20.9 Å². The summed E-state index contributed by atoms with van der Waals surface area (Å²) in [5.74, 6) is -2.74. The van der Waals surface area contributed by atoms with E-state index < -0.39 is 11.9 Å². The van der Waals surface area contributed by atoms with Crippen LogP contribution in [-0.4, -0.2) is 87.0 Å². The van der Waals surface area contributed by atoms with Gasteiger partial charge in [0.05, 0.1) is 6.04 Å². The first-order valence-corrected chi connectivity index (χ1v) is 9.99. The molecule has 2 heterocycles. The van der Waals surface area contributed by atoms with Crippen LogP contribution in [0, 0.1) is 0 Å². The minimum atomic E-state index is -1.82. The van der Waals surface area contributed by atoms with E-state index in [0.717, 1.165) is 38.6 Å². The summed E-state index contributed by atoms with van der Waals surface area (Å²) in [6.07, 6.45) is 8.51. The minimum absolute atomic E-state index is 0.175. The largest absolute Gasteiger partial charge is 0.475 e. The molecule has 3 rings (SSSR count). The highest BCUT2D eigenvalue weighted by Gasteiger charge is 2.19. The highest BCUT2D eigenvalue weighted by molar-refractivity contribution is 6.27. The number of aromatic nitrogens is 2. The molecule has 0 bridgehead atoms. The lowest BCUT2D eigenvalue weighted by molar-refractivity contribution is -0.159. The summed E-state index contributed by atoms with van der Waals surface area (Å²) in [4.78, 5) is 33.8. The molecule has 2 fully saturated rings. The van der Waals surface area contributed by atoms with E-state index in [4.69, 9.17) is 24.5 Å². The first kappa shape index (κ1) is 22.7. The first-order chi connectivity index (χ1) is 13.9. The summed E-state index contributed by atoms with van der Waals surface area (Å²) in [5, 5.41) is 19.4. The molecule has 162 valence electrons. The summed E-state index contributed by atoms with van der Waals surface area (Å²) in [6, 6.07) is 2.53. The van der Waals surface area contributed by atoms with Crippen LogP contribution < -0.4 is 4.74 Å². The number of carboxylic acids is 2. The summed E-state index contributed by atoms with van der Waals surface area (Å²) >= 11 is 0. The normalized spacial score (nSPS) is 17.9. The second kappa shape index (κ2) is 11.4. The molecule has 29 heavy (non-hydrogen) atoms. The molecule has 0 atom stereocenters. The van der Waals surface area contributed by atoms with E-state index in [-0.39, 0.29) is 5.91 Å². The molecule has 0 aromatic carbocycles. The number of rotatable bonds is 5. The van der Waals surface area contributed by atoms with E-state index in [1.807, 2.05) is 11.0 Å². The van der Waals surface area contributed by atoms with Gasteiger partial charge in [-0.2, -0.15) is 0 Å². The van der Waals surface area contributed by atoms with Crippen molar-refractivity contribution in [3.8, 4) is 5.88 Å². The zero-order valence-corrected chi connectivity index (χ0v) is 16.8. The fourth-order valence-electron chi connectivity index (χ4n) is 3.51. The first-order valence-electron chi connectivity index (χ1n) is 9.99. The Morgan fingerprint density at radius 1 is 1.07 bits per heavy atom. The van der Waals surface area contributed by atoms with Crippen LogP contribution in [0.2, 0.25) is 0 Å². The molecule has 1 amide bonds. The number of ether oxygens (including phenoxy) is 1. The number of carboxylic acid groups (broad SMARTS) is 2. The Morgan fingerprint density at radius 2 is 1.69 bits per heavy atom. The Labute approximate surface area is 170 Å². The van der Waals surface area contributed by atoms with Gasteiger partial charge in [0.1, 0.15) is 6.61 Å². The molecule has 0 spiro atoms. The van der Waals surface area contributed by atoms with E-state index in [0.29, 0.717) is 12.6 Å². The smallest absolute Gasteiger partial charge is 0.414 e. The number of hydrogen-bond donors (Lipinski definition) is 2. The number of amides is 1. The van der Waals surface area contributed by atoms with Crippen molar-refractivity contribution < 1.29 is 29.3 Å². The summed E-state index contributed by atoms with van der Waals surface area (Å²) < 4.78 is 7.88. The van der Waals surface area contributed by atoms with Crippen LogP contribution in [0.3, 0.4) is 0 Å². The monoisotopic (exact) mass is 410 g/mol. The average Bonchev–Trinajstić information content (AvgIpc) is 3.18. The van der Waals surface area contributed by atoms with Crippen LogP contribution in [0.25, 0.3) is 0 Å². The lowest BCUT2D eigenvalue weighted by Crippen LogP contribution is -2.48. The maximum Gasteiger partial charge on any atom is 0.414 e. The van der Waals surface area contributed by atoms with Gasteiger partial charge in [-0.05, 0) is 12.8 Å². The molecule has 1 aliphatic heterocycles. The fraction of sp³-hybridized carbons (Fsp3) is 0.684. The standard InChI is InChI=1S/C17H28N4O2.C2H2O4/c1-15(22)20-11-9-19(10-12-20)13-14-23-17-7-8-21(18-17)16-5-3-2-4-6-16;3-1(4)2(5)6/h7-8,16H,2-6,9-14H2,1H3;(H,3,4)(H,5,6). The average molecular weight is 410 g/mol. The lowest BCUT2D eigenvalue weighted by atomic mass is 9.96. The van der Waals surface area contributed by atoms with Crippen molar-refractivity contribution in [3.05, 3.63) is 12.3 Å². The number of hydrogen-bond acceptors (Lipinski definition) is 6. The molecule has 1 saturated carbocycles. The third kappa shape index (κ3) is 7.72. The van der Waals surface area contributed by atoms with Crippen molar-refractivity contribution in [2.24, 2.45) is 0 Å². The Morgan fingerprint density at radius 3 is 2.24 bits per heavy atom. The second-order valence-electron chi connectivity index (χ2n) is 7.23. The molecule has 1 aromatic heterocycles. The van der Waals surface area contributed by atoms with Gasteiger partial charge in [-0.15, -0.1) is 5.10 Å². The van der Waals surface area contributed by atoms with Crippen molar-refractivity contribution in [1.29, 1.82) is 0 Å². The van der Waals surface area contributed by atoms with E-state index in [1.54, 1.807) is 6.92 Å². The summed E-state index contributed by atoms with van der Waals surface area (Å²) in [7, 11) is 0. The topological polar surface area (TPSA) is 125 Å². The van der Waals surface area contributed by atoms with Gasteiger partial charge in [0.2, 0.25) is 11.8 Å². The van der Waals surface area contributed by atoms with Crippen molar-refractivity contribution in [3.63, 3.8) is 0 Å². The third-order valence-corrected chi connectivity index (χ3v) is 5.19. The summed E-state index contributed by atoms with van der Waals surface area (Å²) in [6.45, 7) is 6.70. The number of carbonyl (C=O) groups excluding carboxylic acids is 1. The molecular formula is C19H30N4O6. The summed E-state index contributed by atoms with van der Waals surface area (Å²) in [5.41, 5.74) is 0. The molecule has 2 N–H and O–H groups in total. The van der Waals surface area contributed by atoms with Crippen molar-refractivity contribution in [2.75, 3.05) is 39.3 Å². The molecule has 1 aliphatic carbocycles. The number of aliphatic carboxylic acids is 2. The molecule has 10 nitrogen and oxygen atoms in total. The van der Waals surface area contributed by atoms with Gasteiger partial charge < -0.3 is 19.8 Å². The minimum Gasteiger partial charge on any atom is -0.475 e. The van der Waals surface area contributed by atoms with Gasteiger partial charge in [-0.1, -0.05) is 19.3 Å². The molecule has 0 radical (unpaired) electrons. The van der Waals surface area contributed by atoms with Crippen LogP contribution >= 0.6 is 0 Å². The molecule has 0 unspecified atom stereocenters. The molecule has 1 saturated heterocycles. The zero-order chi connectivity index (χ0) is 21.2. The van der Waals surface area contributed by atoms with Crippen LogP contribution in [0.1, 0.15) is 45.1 Å². The van der Waals surface area contributed by atoms with Crippen LogP contribution in [0.4, 0.5) is 0 Å². The molecular weight excluding hydrogens is 380 g/mol. The van der Waals surface area contributed by atoms with Crippen molar-refractivity contribution in [2.45, 2.75) is 45.1 Å². The number of piperazine rings is 1. The zero-order valence-electron chi connectivity index (χ0n) is 16.8. The molecule has 10 heteroatoms. The fourth-order valence-corrected chi connectivity index (χ4v) is 3.51. The van der Waals surface area contributed by atoms with E-state index >= 15 is 0 Å². The maximum atomic E-state index is 11.3.